The van der Waals surface area contributed by atoms with Crippen LogP contribution >= 0.6 is 0 Å². The van der Waals surface area contributed by atoms with Crippen LogP contribution in [0.2, 0.25) is 0 Å². The molecule has 0 bridgehead atoms. The second-order valence-corrected chi connectivity index (χ2v) is 4.66. The maximum atomic E-state index is 13.7. The van der Waals surface area contributed by atoms with Crippen LogP contribution in [0.4, 0.5) is 15.8 Å². The van der Waals surface area contributed by atoms with Crippen LogP contribution in [0.25, 0.3) is 0 Å². The zero-order valence-electron chi connectivity index (χ0n) is 10.4. The summed E-state index contributed by atoms with van der Waals surface area (Å²) in [6, 6.07) is 14.8. The van der Waals surface area contributed by atoms with Gasteiger partial charge < -0.3 is 4.90 Å². The summed E-state index contributed by atoms with van der Waals surface area (Å²) in [7, 11) is 0. The lowest BCUT2D eigenvalue weighted by Crippen LogP contribution is -2.24. The Morgan fingerprint density at radius 3 is 2.79 bits per heavy atom. The number of hydrogen-bond donors (Lipinski definition) is 0. The largest absolute Gasteiger partial charge is 0.341 e. The number of aryl methyl sites for hydroxylation is 1. The molecule has 0 N–H and O–H groups in total. The fourth-order valence-corrected chi connectivity index (χ4v) is 2.56. The normalized spacial score (nSPS) is 13.8. The molecule has 2 aromatic rings. The van der Waals surface area contributed by atoms with Crippen LogP contribution in [0, 0.1) is 17.1 Å². The van der Waals surface area contributed by atoms with Gasteiger partial charge in [0.15, 0.2) is 0 Å². The standard InChI is InChI=1S/C16H13FN2/c17-15-10-14(8-7-13(15)11-18)19-9-3-5-12-4-1-2-6-16(12)19/h1-2,4,6-8,10H,3,5,9H2. The Labute approximate surface area is 111 Å². The first-order valence-corrected chi connectivity index (χ1v) is 6.34. The van der Waals surface area contributed by atoms with E-state index in [4.69, 9.17) is 5.26 Å². The number of halogens is 1. The Balaban J connectivity index is 2.05. The van der Waals surface area contributed by atoms with E-state index in [0.717, 1.165) is 30.8 Å². The minimum atomic E-state index is -0.456. The lowest BCUT2D eigenvalue weighted by molar-refractivity contribution is 0.623. The summed E-state index contributed by atoms with van der Waals surface area (Å²) in [6.07, 6.45) is 2.12. The van der Waals surface area contributed by atoms with Crippen molar-refractivity contribution in [3.8, 4) is 6.07 Å². The molecule has 0 unspecified atom stereocenters. The lowest BCUT2D eigenvalue weighted by Gasteiger charge is -2.31. The number of nitrogens with zero attached hydrogens (tertiary/aromatic N) is 2. The smallest absolute Gasteiger partial charge is 0.143 e. The summed E-state index contributed by atoms with van der Waals surface area (Å²) in [5.41, 5.74) is 3.33. The molecule has 2 nitrogen and oxygen atoms in total. The van der Waals surface area contributed by atoms with Crippen LogP contribution in [0.1, 0.15) is 17.5 Å². The molecule has 2 aromatic carbocycles. The number of nitriles is 1. The molecule has 3 heteroatoms. The van der Waals surface area contributed by atoms with Gasteiger partial charge in [0.05, 0.1) is 5.56 Å². The third kappa shape index (κ3) is 2.06. The molecule has 0 fully saturated rings. The van der Waals surface area contributed by atoms with Crippen LogP contribution in [-0.2, 0) is 6.42 Å². The van der Waals surface area contributed by atoms with Gasteiger partial charge in [-0.2, -0.15) is 5.26 Å². The summed E-state index contributed by atoms with van der Waals surface area (Å²) < 4.78 is 13.7. The van der Waals surface area contributed by atoms with Crippen molar-refractivity contribution in [3.05, 3.63) is 59.4 Å². The van der Waals surface area contributed by atoms with Gasteiger partial charge in [0.1, 0.15) is 11.9 Å². The van der Waals surface area contributed by atoms with Gasteiger partial charge in [0.2, 0.25) is 0 Å². The van der Waals surface area contributed by atoms with Crippen molar-refractivity contribution in [1.29, 1.82) is 5.26 Å². The summed E-state index contributed by atoms with van der Waals surface area (Å²) in [5.74, 6) is -0.456. The van der Waals surface area contributed by atoms with E-state index in [1.165, 1.54) is 11.6 Å². The first kappa shape index (κ1) is 11.7. The van der Waals surface area contributed by atoms with E-state index >= 15 is 0 Å². The van der Waals surface area contributed by atoms with E-state index in [-0.39, 0.29) is 5.56 Å². The molecule has 0 aliphatic carbocycles. The van der Waals surface area contributed by atoms with Crippen molar-refractivity contribution in [2.45, 2.75) is 12.8 Å². The van der Waals surface area contributed by atoms with Crippen LogP contribution < -0.4 is 4.90 Å². The third-order valence-corrected chi connectivity index (χ3v) is 3.50. The van der Waals surface area contributed by atoms with Crippen molar-refractivity contribution >= 4 is 11.4 Å². The van der Waals surface area contributed by atoms with Crippen LogP contribution in [-0.4, -0.2) is 6.54 Å². The molecule has 1 heterocycles. The average Bonchev–Trinajstić information content (AvgIpc) is 2.46. The molecule has 3 rings (SSSR count). The monoisotopic (exact) mass is 252 g/mol. The zero-order valence-corrected chi connectivity index (χ0v) is 10.4. The highest BCUT2D eigenvalue weighted by Gasteiger charge is 2.18. The van der Waals surface area contributed by atoms with Gasteiger partial charge in [-0.15, -0.1) is 0 Å². The van der Waals surface area contributed by atoms with Crippen molar-refractivity contribution in [3.63, 3.8) is 0 Å². The average molecular weight is 252 g/mol. The second-order valence-electron chi connectivity index (χ2n) is 4.66. The third-order valence-electron chi connectivity index (χ3n) is 3.50. The molecule has 0 radical (unpaired) electrons. The number of hydrogen-bond acceptors (Lipinski definition) is 2. The second kappa shape index (κ2) is 4.74. The van der Waals surface area contributed by atoms with E-state index < -0.39 is 5.82 Å². The first-order chi connectivity index (χ1) is 9.29. The van der Waals surface area contributed by atoms with E-state index in [1.807, 2.05) is 24.3 Å². The Morgan fingerprint density at radius 1 is 1.16 bits per heavy atom. The van der Waals surface area contributed by atoms with Crippen molar-refractivity contribution in [2.75, 3.05) is 11.4 Å². The van der Waals surface area contributed by atoms with Gasteiger partial charge in [0, 0.05) is 17.9 Å². The van der Waals surface area contributed by atoms with Crippen molar-refractivity contribution in [2.24, 2.45) is 0 Å². The quantitative estimate of drug-likeness (QED) is 0.772. The summed E-state index contributed by atoms with van der Waals surface area (Å²) in [5, 5.41) is 8.77. The molecule has 0 atom stereocenters. The molecule has 0 saturated carbocycles. The molecule has 94 valence electrons. The number of anilines is 2. The van der Waals surface area contributed by atoms with Crippen molar-refractivity contribution < 1.29 is 4.39 Å². The summed E-state index contributed by atoms with van der Waals surface area (Å²) in [6.45, 7) is 0.877. The first-order valence-electron chi connectivity index (χ1n) is 6.34. The van der Waals surface area contributed by atoms with Gasteiger partial charge in [-0.25, -0.2) is 4.39 Å². The highest BCUT2D eigenvalue weighted by Crippen LogP contribution is 2.33. The van der Waals surface area contributed by atoms with Crippen molar-refractivity contribution in [1.82, 2.24) is 0 Å². The topological polar surface area (TPSA) is 27.0 Å². The van der Waals surface area contributed by atoms with E-state index in [0.29, 0.717) is 0 Å². The zero-order chi connectivity index (χ0) is 13.2. The molecular formula is C16H13FN2. The Morgan fingerprint density at radius 2 is 2.00 bits per heavy atom. The molecule has 1 aliphatic rings. The summed E-state index contributed by atoms with van der Waals surface area (Å²) >= 11 is 0. The fourth-order valence-electron chi connectivity index (χ4n) is 2.56. The Hall–Kier alpha value is -2.34. The van der Waals surface area contributed by atoms with Crippen LogP contribution in [0.3, 0.4) is 0 Å². The lowest BCUT2D eigenvalue weighted by atomic mass is 10.0. The molecule has 0 amide bonds. The molecule has 1 aliphatic heterocycles. The molecule has 0 saturated heterocycles. The van der Waals surface area contributed by atoms with Gasteiger partial charge in [0.25, 0.3) is 0 Å². The Bertz CT molecular complexity index is 658. The number of fused-ring (bicyclic) bond motifs is 1. The van der Waals surface area contributed by atoms with Gasteiger partial charge >= 0.3 is 0 Å². The minimum Gasteiger partial charge on any atom is -0.341 e. The molecule has 19 heavy (non-hydrogen) atoms. The molecular weight excluding hydrogens is 239 g/mol. The fraction of sp³-hybridized carbons (Fsp3) is 0.188. The van der Waals surface area contributed by atoms with Crippen LogP contribution in [0.15, 0.2) is 42.5 Å². The maximum absolute atomic E-state index is 13.7. The molecule has 0 spiro atoms. The number of rotatable bonds is 1. The summed E-state index contributed by atoms with van der Waals surface area (Å²) in [4.78, 5) is 2.11. The predicted octanol–water partition coefficient (Wildman–Crippen LogP) is 3.78. The Kier molecular flexibility index (Phi) is 2.92. The molecule has 0 aromatic heterocycles. The van der Waals surface area contributed by atoms with E-state index in [1.54, 1.807) is 6.07 Å². The van der Waals surface area contributed by atoms with Gasteiger partial charge in [-0.05, 0) is 42.7 Å². The van der Waals surface area contributed by atoms with Crippen LogP contribution in [0.5, 0.6) is 0 Å². The van der Waals surface area contributed by atoms with Gasteiger partial charge in [-0.3, -0.25) is 0 Å². The maximum Gasteiger partial charge on any atom is 0.143 e. The van der Waals surface area contributed by atoms with E-state index in [2.05, 4.69) is 17.0 Å². The predicted molar refractivity (Wildman–Crippen MR) is 72.9 cm³/mol. The number of benzene rings is 2. The van der Waals surface area contributed by atoms with E-state index in [9.17, 15) is 4.39 Å². The minimum absolute atomic E-state index is 0.0917. The SMILES string of the molecule is N#Cc1ccc(N2CCCc3ccccc32)cc1F. The highest BCUT2D eigenvalue weighted by atomic mass is 19.1. The highest BCUT2D eigenvalue weighted by molar-refractivity contribution is 5.68. The number of para-hydroxylation sites is 1. The van der Waals surface area contributed by atoms with Gasteiger partial charge in [-0.1, -0.05) is 18.2 Å².